The highest BCUT2D eigenvalue weighted by molar-refractivity contribution is 7.99. The van der Waals surface area contributed by atoms with Crippen LogP contribution in [0.2, 0.25) is 0 Å². The van der Waals surface area contributed by atoms with Gasteiger partial charge in [0.15, 0.2) is 5.16 Å². The van der Waals surface area contributed by atoms with Crippen LogP contribution in [0, 0.1) is 12.3 Å². The number of rotatable bonds is 6. The lowest BCUT2D eigenvalue weighted by Crippen LogP contribution is -2.28. The van der Waals surface area contributed by atoms with Gasteiger partial charge < -0.3 is 5.32 Å². The number of benzene rings is 1. The third kappa shape index (κ3) is 4.42. The van der Waals surface area contributed by atoms with Gasteiger partial charge in [0.25, 0.3) is 0 Å². The molecular weight excluding hydrogens is 274 g/mol. The standard InChI is InChI=1S/C13H13N5OS/c1-2-7-14-8-12(19)17-10-3-5-11(6-4-10)20-13-15-9-16-18-13/h1,3-6,9,14H,7-8H2,(H,17,19)(H,15,16,18). The molecule has 0 saturated heterocycles. The summed E-state index contributed by atoms with van der Waals surface area (Å²) in [5, 5.41) is 12.9. The largest absolute Gasteiger partial charge is 0.325 e. The van der Waals surface area contributed by atoms with Gasteiger partial charge in [-0.1, -0.05) is 17.7 Å². The number of nitrogens with one attached hydrogen (secondary N) is 3. The molecule has 0 fully saturated rings. The van der Waals surface area contributed by atoms with Crippen molar-refractivity contribution in [2.45, 2.75) is 10.1 Å². The third-order valence-corrected chi connectivity index (χ3v) is 3.16. The number of carbonyl (C=O) groups excluding carboxylic acids is 1. The van der Waals surface area contributed by atoms with E-state index in [1.54, 1.807) is 0 Å². The van der Waals surface area contributed by atoms with Gasteiger partial charge >= 0.3 is 0 Å². The number of H-pyrrole nitrogens is 1. The van der Waals surface area contributed by atoms with Gasteiger partial charge in [-0.05, 0) is 24.3 Å². The first-order valence-corrected chi connectivity index (χ1v) is 6.67. The second-order valence-corrected chi connectivity index (χ2v) is 4.84. The van der Waals surface area contributed by atoms with E-state index in [9.17, 15) is 4.79 Å². The summed E-state index contributed by atoms with van der Waals surface area (Å²) in [6.45, 7) is 0.568. The molecule has 0 radical (unpaired) electrons. The minimum absolute atomic E-state index is 0.129. The van der Waals surface area contributed by atoms with Crippen LogP contribution in [0.4, 0.5) is 5.69 Å². The smallest absolute Gasteiger partial charge is 0.238 e. The van der Waals surface area contributed by atoms with Crippen LogP contribution in [0.25, 0.3) is 0 Å². The molecule has 1 aromatic heterocycles. The molecule has 0 unspecified atom stereocenters. The molecule has 102 valence electrons. The van der Waals surface area contributed by atoms with Gasteiger partial charge in [-0.3, -0.25) is 15.2 Å². The van der Waals surface area contributed by atoms with E-state index in [0.717, 1.165) is 15.7 Å². The molecule has 0 spiro atoms. The number of aromatic amines is 1. The molecule has 0 aliphatic carbocycles. The van der Waals surface area contributed by atoms with Crippen molar-refractivity contribution in [1.29, 1.82) is 0 Å². The molecule has 0 atom stereocenters. The van der Waals surface area contributed by atoms with Gasteiger partial charge in [-0.15, -0.1) is 6.42 Å². The number of aromatic nitrogens is 3. The lowest BCUT2D eigenvalue weighted by atomic mass is 10.3. The van der Waals surface area contributed by atoms with Crippen LogP contribution in [0.3, 0.4) is 0 Å². The molecular formula is C13H13N5OS. The van der Waals surface area contributed by atoms with Gasteiger partial charge in [0.2, 0.25) is 5.91 Å². The molecule has 2 rings (SSSR count). The summed E-state index contributed by atoms with van der Waals surface area (Å²) in [6.07, 6.45) is 6.54. The number of carbonyl (C=O) groups is 1. The van der Waals surface area contributed by atoms with Crippen molar-refractivity contribution in [3.05, 3.63) is 30.6 Å². The molecule has 20 heavy (non-hydrogen) atoms. The van der Waals surface area contributed by atoms with E-state index in [0.29, 0.717) is 6.54 Å². The fourth-order valence-electron chi connectivity index (χ4n) is 1.41. The summed E-state index contributed by atoms with van der Waals surface area (Å²) >= 11 is 1.46. The Morgan fingerprint density at radius 2 is 2.20 bits per heavy atom. The Kier molecular flexibility index (Phi) is 5.17. The Labute approximate surface area is 120 Å². The first kappa shape index (κ1) is 14.1. The van der Waals surface area contributed by atoms with E-state index in [-0.39, 0.29) is 12.5 Å². The van der Waals surface area contributed by atoms with Crippen LogP contribution >= 0.6 is 11.8 Å². The Hall–Kier alpha value is -2.30. The minimum atomic E-state index is -0.129. The van der Waals surface area contributed by atoms with Crippen LogP contribution in [0.5, 0.6) is 0 Å². The first-order chi connectivity index (χ1) is 9.78. The van der Waals surface area contributed by atoms with Crippen molar-refractivity contribution in [2.75, 3.05) is 18.4 Å². The van der Waals surface area contributed by atoms with Crippen molar-refractivity contribution in [2.24, 2.45) is 0 Å². The zero-order valence-corrected chi connectivity index (χ0v) is 11.4. The predicted octanol–water partition coefficient (Wildman–Crippen LogP) is 1.12. The minimum Gasteiger partial charge on any atom is -0.325 e. The average Bonchev–Trinajstić information content (AvgIpc) is 2.94. The number of terminal acetylenes is 1. The van der Waals surface area contributed by atoms with E-state index in [1.807, 2.05) is 24.3 Å². The molecule has 2 aromatic rings. The number of amides is 1. The zero-order chi connectivity index (χ0) is 14.2. The maximum absolute atomic E-state index is 11.6. The number of nitrogens with zero attached hydrogens (tertiary/aromatic N) is 2. The van der Waals surface area contributed by atoms with Crippen molar-refractivity contribution in [1.82, 2.24) is 20.5 Å². The van der Waals surface area contributed by atoms with Gasteiger partial charge in [0.05, 0.1) is 13.1 Å². The predicted molar refractivity (Wildman–Crippen MR) is 77.3 cm³/mol. The van der Waals surface area contributed by atoms with E-state index in [4.69, 9.17) is 6.42 Å². The molecule has 0 bridgehead atoms. The van der Waals surface area contributed by atoms with Crippen molar-refractivity contribution in [3.8, 4) is 12.3 Å². The summed E-state index contributed by atoms with van der Waals surface area (Å²) in [6, 6.07) is 7.46. The average molecular weight is 287 g/mol. The fourth-order valence-corrected chi connectivity index (χ4v) is 2.11. The third-order valence-electron chi connectivity index (χ3n) is 2.26. The highest BCUT2D eigenvalue weighted by Gasteiger charge is 2.03. The highest BCUT2D eigenvalue weighted by atomic mass is 32.2. The van der Waals surface area contributed by atoms with E-state index in [1.165, 1.54) is 18.1 Å². The molecule has 1 amide bonds. The van der Waals surface area contributed by atoms with E-state index in [2.05, 4.69) is 31.7 Å². The van der Waals surface area contributed by atoms with E-state index >= 15 is 0 Å². The summed E-state index contributed by atoms with van der Waals surface area (Å²) in [7, 11) is 0. The SMILES string of the molecule is C#CCNCC(=O)Nc1ccc(Sc2ncn[nH]2)cc1. The van der Waals surface area contributed by atoms with Crippen LogP contribution in [-0.2, 0) is 4.79 Å². The maximum atomic E-state index is 11.6. The summed E-state index contributed by atoms with van der Waals surface area (Å²) in [5.41, 5.74) is 0.736. The lowest BCUT2D eigenvalue weighted by Gasteiger charge is -2.06. The van der Waals surface area contributed by atoms with Gasteiger partial charge in [-0.25, -0.2) is 4.98 Å². The second kappa shape index (κ2) is 7.33. The highest BCUT2D eigenvalue weighted by Crippen LogP contribution is 2.24. The Bertz CT molecular complexity index is 588. The molecule has 0 saturated carbocycles. The molecule has 0 aliphatic heterocycles. The first-order valence-electron chi connectivity index (χ1n) is 5.85. The summed E-state index contributed by atoms with van der Waals surface area (Å²) < 4.78 is 0. The van der Waals surface area contributed by atoms with E-state index < -0.39 is 0 Å². The summed E-state index contributed by atoms with van der Waals surface area (Å²) in [5.74, 6) is 2.28. The van der Waals surface area contributed by atoms with Gasteiger partial charge in [-0.2, -0.15) is 5.10 Å². The van der Waals surface area contributed by atoms with Crippen molar-refractivity contribution < 1.29 is 4.79 Å². The Morgan fingerprint density at radius 3 is 2.85 bits per heavy atom. The maximum Gasteiger partial charge on any atom is 0.238 e. The molecule has 1 aromatic carbocycles. The molecule has 7 heteroatoms. The molecule has 3 N–H and O–H groups in total. The zero-order valence-electron chi connectivity index (χ0n) is 10.6. The topological polar surface area (TPSA) is 82.7 Å². The van der Waals surface area contributed by atoms with Crippen LogP contribution < -0.4 is 10.6 Å². The quantitative estimate of drug-likeness (QED) is 0.548. The Balaban J connectivity index is 1.85. The van der Waals surface area contributed by atoms with Gasteiger partial charge in [0, 0.05) is 10.6 Å². The monoisotopic (exact) mass is 287 g/mol. The number of hydrogen-bond acceptors (Lipinski definition) is 5. The van der Waals surface area contributed by atoms with Crippen molar-refractivity contribution in [3.63, 3.8) is 0 Å². The number of hydrogen-bond donors (Lipinski definition) is 3. The summed E-state index contributed by atoms with van der Waals surface area (Å²) in [4.78, 5) is 16.6. The second-order valence-electron chi connectivity index (χ2n) is 3.77. The number of anilines is 1. The molecule has 0 aliphatic rings. The van der Waals surface area contributed by atoms with Crippen LogP contribution in [0.15, 0.2) is 40.6 Å². The fraction of sp³-hybridized carbons (Fsp3) is 0.154. The van der Waals surface area contributed by atoms with Crippen molar-refractivity contribution >= 4 is 23.4 Å². The lowest BCUT2D eigenvalue weighted by molar-refractivity contribution is -0.115. The van der Waals surface area contributed by atoms with Crippen LogP contribution in [-0.4, -0.2) is 34.2 Å². The molecule has 1 heterocycles. The van der Waals surface area contributed by atoms with Gasteiger partial charge in [0.1, 0.15) is 6.33 Å². The Morgan fingerprint density at radius 1 is 1.40 bits per heavy atom. The van der Waals surface area contributed by atoms with Crippen LogP contribution in [0.1, 0.15) is 0 Å². The molecule has 6 nitrogen and oxygen atoms in total. The normalized spacial score (nSPS) is 9.95.